The van der Waals surface area contributed by atoms with Crippen molar-refractivity contribution < 1.29 is 19.1 Å². The standard InChI is InChI=1S/C17H16FN3O3/c1-11-4-2-6-13(16(11)23)9-20-21-15(22)10-19-17(24)12-5-3-7-14(18)8-12/h2-9,23H,10H2,1H3,(H,19,24)(H,21,22)/b20-9-. The summed E-state index contributed by atoms with van der Waals surface area (Å²) in [6.07, 6.45) is 1.30. The molecule has 0 atom stereocenters. The molecule has 0 aliphatic rings. The van der Waals surface area contributed by atoms with E-state index in [4.69, 9.17) is 0 Å². The second-order valence-electron chi connectivity index (χ2n) is 5.00. The van der Waals surface area contributed by atoms with Crippen molar-refractivity contribution in [1.82, 2.24) is 10.7 Å². The van der Waals surface area contributed by atoms with Gasteiger partial charge in [0.05, 0.1) is 12.8 Å². The lowest BCUT2D eigenvalue weighted by atomic mass is 10.1. The molecular formula is C17H16FN3O3. The number of carbonyl (C=O) groups excluding carboxylic acids is 2. The summed E-state index contributed by atoms with van der Waals surface area (Å²) in [6.45, 7) is 1.43. The average Bonchev–Trinajstić information content (AvgIpc) is 2.56. The van der Waals surface area contributed by atoms with Crippen molar-refractivity contribution in [2.75, 3.05) is 6.54 Å². The van der Waals surface area contributed by atoms with Gasteiger partial charge in [-0.15, -0.1) is 0 Å². The predicted octanol–water partition coefficient (Wildman–Crippen LogP) is 1.72. The Bertz CT molecular complexity index is 790. The number of rotatable bonds is 5. The molecule has 2 rings (SSSR count). The highest BCUT2D eigenvalue weighted by atomic mass is 19.1. The molecule has 7 heteroatoms. The van der Waals surface area contributed by atoms with Crippen molar-refractivity contribution in [2.45, 2.75) is 6.92 Å². The second kappa shape index (κ2) is 7.87. The SMILES string of the molecule is Cc1cccc(/C=N\NC(=O)CNC(=O)c2cccc(F)c2)c1O. The van der Waals surface area contributed by atoms with E-state index in [9.17, 15) is 19.1 Å². The van der Waals surface area contributed by atoms with Crippen LogP contribution in [-0.4, -0.2) is 29.7 Å². The molecule has 0 unspecified atom stereocenters. The van der Waals surface area contributed by atoms with Gasteiger partial charge in [0.15, 0.2) is 0 Å². The Morgan fingerprint density at radius 2 is 2.00 bits per heavy atom. The Hall–Kier alpha value is -3.22. The van der Waals surface area contributed by atoms with E-state index in [0.717, 1.165) is 6.07 Å². The summed E-state index contributed by atoms with van der Waals surface area (Å²) in [5.74, 6) is -1.57. The molecule has 2 amide bonds. The summed E-state index contributed by atoms with van der Waals surface area (Å²) in [5.41, 5.74) is 3.49. The minimum Gasteiger partial charge on any atom is -0.507 e. The molecule has 0 bridgehead atoms. The van der Waals surface area contributed by atoms with Crippen LogP contribution >= 0.6 is 0 Å². The van der Waals surface area contributed by atoms with Gasteiger partial charge < -0.3 is 10.4 Å². The van der Waals surface area contributed by atoms with Crippen LogP contribution in [0.4, 0.5) is 4.39 Å². The maximum absolute atomic E-state index is 13.0. The van der Waals surface area contributed by atoms with Crippen LogP contribution in [0.1, 0.15) is 21.5 Å². The fourth-order valence-corrected chi connectivity index (χ4v) is 1.89. The van der Waals surface area contributed by atoms with Crippen molar-refractivity contribution in [3.05, 3.63) is 65.0 Å². The Labute approximate surface area is 138 Å². The Morgan fingerprint density at radius 3 is 2.75 bits per heavy atom. The van der Waals surface area contributed by atoms with Crippen molar-refractivity contribution in [2.24, 2.45) is 5.10 Å². The van der Waals surface area contributed by atoms with Crippen molar-refractivity contribution in [3.8, 4) is 5.75 Å². The fraction of sp³-hybridized carbons (Fsp3) is 0.118. The van der Waals surface area contributed by atoms with Crippen LogP contribution in [0.2, 0.25) is 0 Å². The highest BCUT2D eigenvalue weighted by Crippen LogP contribution is 2.19. The molecule has 2 aromatic carbocycles. The van der Waals surface area contributed by atoms with Gasteiger partial charge in [-0.2, -0.15) is 5.10 Å². The third kappa shape index (κ3) is 4.64. The second-order valence-corrected chi connectivity index (χ2v) is 5.00. The van der Waals surface area contributed by atoms with Gasteiger partial charge in [-0.25, -0.2) is 9.82 Å². The number of phenolic OH excluding ortho intramolecular Hbond substituents is 1. The van der Waals surface area contributed by atoms with Gasteiger partial charge >= 0.3 is 0 Å². The summed E-state index contributed by atoms with van der Waals surface area (Å²) in [4.78, 5) is 23.4. The van der Waals surface area contributed by atoms with Crippen molar-refractivity contribution >= 4 is 18.0 Å². The Morgan fingerprint density at radius 1 is 1.25 bits per heavy atom. The first-order valence-corrected chi connectivity index (χ1v) is 7.11. The number of aryl methyl sites for hydroxylation is 1. The lowest BCUT2D eigenvalue weighted by Crippen LogP contribution is -2.34. The molecule has 0 spiro atoms. The van der Waals surface area contributed by atoms with Crippen LogP contribution in [0.25, 0.3) is 0 Å². The molecule has 0 aliphatic carbocycles. The number of nitrogens with one attached hydrogen (secondary N) is 2. The smallest absolute Gasteiger partial charge is 0.259 e. The zero-order chi connectivity index (χ0) is 17.5. The molecule has 0 saturated carbocycles. The summed E-state index contributed by atoms with van der Waals surface area (Å²) >= 11 is 0. The van der Waals surface area contributed by atoms with Crippen molar-refractivity contribution in [3.63, 3.8) is 0 Å². The van der Waals surface area contributed by atoms with Gasteiger partial charge in [0.2, 0.25) is 0 Å². The van der Waals surface area contributed by atoms with Gasteiger partial charge in [-0.05, 0) is 36.8 Å². The highest BCUT2D eigenvalue weighted by molar-refractivity contribution is 5.96. The number of aromatic hydroxyl groups is 1. The van der Waals surface area contributed by atoms with Crippen LogP contribution in [-0.2, 0) is 4.79 Å². The van der Waals surface area contributed by atoms with E-state index in [1.165, 1.54) is 24.4 Å². The molecule has 6 nitrogen and oxygen atoms in total. The number of carbonyl (C=O) groups is 2. The molecule has 0 fully saturated rings. The van der Waals surface area contributed by atoms with E-state index in [0.29, 0.717) is 11.1 Å². The Kier molecular flexibility index (Phi) is 5.62. The fourth-order valence-electron chi connectivity index (χ4n) is 1.89. The number of hydrogen-bond donors (Lipinski definition) is 3. The zero-order valence-corrected chi connectivity index (χ0v) is 12.9. The zero-order valence-electron chi connectivity index (χ0n) is 12.9. The van der Waals surface area contributed by atoms with Gasteiger partial charge in [0.25, 0.3) is 11.8 Å². The minimum absolute atomic E-state index is 0.0786. The number of amides is 2. The maximum atomic E-state index is 13.0. The number of nitrogens with zero attached hydrogens (tertiary/aromatic N) is 1. The summed E-state index contributed by atoms with van der Waals surface area (Å²) in [5, 5.41) is 15.9. The number of hydrogen-bond acceptors (Lipinski definition) is 4. The predicted molar refractivity (Wildman–Crippen MR) is 87.3 cm³/mol. The molecule has 0 radical (unpaired) electrons. The van der Waals surface area contributed by atoms with Crippen LogP contribution in [0.15, 0.2) is 47.6 Å². The third-order valence-electron chi connectivity index (χ3n) is 3.16. The molecule has 0 saturated heterocycles. The molecule has 2 aromatic rings. The monoisotopic (exact) mass is 329 g/mol. The molecule has 0 heterocycles. The molecule has 0 aliphatic heterocycles. The van der Waals surface area contributed by atoms with Crippen LogP contribution in [0, 0.1) is 12.7 Å². The lowest BCUT2D eigenvalue weighted by molar-refractivity contribution is -0.120. The van der Waals surface area contributed by atoms with E-state index in [1.54, 1.807) is 25.1 Å². The first-order valence-electron chi connectivity index (χ1n) is 7.11. The number of phenols is 1. The highest BCUT2D eigenvalue weighted by Gasteiger charge is 2.08. The van der Waals surface area contributed by atoms with E-state index in [-0.39, 0.29) is 17.9 Å². The van der Waals surface area contributed by atoms with Gasteiger partial charge in [0, 0.05) is 11.1 Å². The maximum Gasteiger partial charge on any atom is 0.259 e. The minimum atomic E-state index is -0.565. The first-order chi connectivity index (χ1) is 11.5. The van der Waals surface area contributed by atoms with Gasteiger partial charge in [-0.3, -0.25) is 9.59 Å². The van der Waals surface area contributed by atoms with E-state index in [2.05, 4.69) is 15.8 Å². The number of hydrazone groups is 1. The summed E-state index contributed by atoms with van der Waals surface area (Å²) in [7, 11) is 0. The van der Waals surface area contributed by atoms with Gasteiger partial charge in [0.1, 0.15) is 11.6 Å². The van der Waals surface area contributed by atoms with Crippen LogP contribution < -0.4 is 10.7 Å². The number of halogens is 1. The van der Waals surface area contributed by atoms with Crippen LogP contribution in [0.5, 0.6) is 5.75 Å². The van der Waals surface area contributed by atoms with Crippen LogP contribution in [0.3, 0.4) is 0 Å². The number of benzene rings is 2. The topological polar surface area (TPSA) is 90.8 Å². The third-order valence-corrected chi connectivity index (χ3v) is 3.16. The van der Waals surface area contributed by atoms with Crippen molar-refractivity contribution in [1.29, 1.82) is 0 Å². The van der Waals surface area contributed by atoms with E-state index in [1.807, 2.05) is 0 Å². The average molecular weight is 329 g/mol. The van der Waals surface area contributed by atoms with Gasteiger partial charge in [-0.1, -0.05) is 18.2 Å². The van der Waals surface area contributed by atoms with E-state index >= 15 is 0 Å². The first kappa shape index (κ1) is 17.1. The molecule has 124 valence electrons. The Balaban J connectivity index is 1.84. The summed E-state index contributed by atoms with van der Waals surface area (Å²) < 4.78 is 13.0. The lowest BCUT2D eigenvalue weighted by Gasteiger charge is -2.05. The quantitative estimate of drug-likeness (QED) is 0.576. The molecule has 0 aromatic heterocycles. The summed E-state index contributed by atoms with van der Waals surface area (Å²) in [6, 6.07) is 10.3. The molecule has 3 N–H and O–H groups in total. The largest absolute Gasteiger partial charge is 0.507 e. The molecule has 24 heavy (non-hydrogen) atoms. The normalized spacial score (nSPS) is 10.6. The number of para-hydroxylation sites is 1. The molecular weight excluding hydrogens is 313 g/mol. The van der Waals surface area contributed by atoms with E-state index < -0.39 is 17.6 Å².